The summed E-state index contributed by atoms with van der Waals surface area (Å²) in [7, 11) is 0. The van der Waals surface area contributed by atoms with Crippen LogP contribution in [0, 0.1) is 0 Å². The van der Waals surface area contributed by atoms with Crippen molar-refractivity contribution in [2.75, 3.05) is 0 Å². The topological polar surface area (TPSA) is 25.8 Å². The van der Waals surface area contributed by atoms with Crippen molar-refractivity contribution in [3.8, 4) is 0 Å². The molecule has 2 nitrogen and oxygen atoms in total. The monoisotopic (exact) mass is 240 g/mol. The van der Waals surface area contributed by atoms with Gasteiger partial charge in [-0.3, -0.25) is 0 Å². The molecule has 2 unspecified atom stereocenters. The third kappa shape index (κ3) is 1.75. The van der Waals surface area contributed by atoms with E-state index in [1.165, 1.54) is 24.8 Å². The molecule has 0 aliphatic heterocycles. The Balaban J connectivity index is 2.26. The van der Waals surface area contributed by atoms with Crippen LogP contribution in [0.2, 0.25) is 0 Å². The minimum Gasteiger partial charge on any atom is -0.245 e. The summed E-state index contributed by atoms with van der Waals surface area (Å²) in [6.07, 6.45) is 9.16. The first-order valence-corrected chi connectivity index (χ1v) is 5.52. The minimum atomic E-state index is 0.287. The van der Waals surface area contributed by atoms with Crippen LogP contribution in [0.1, 0.15) is 31.7 Å². The fourth-order valence-corrected chi connectivity index (χ4v) is 2.98. The van der Waals surface area contributed by atoms with E-state index < -0.39 is 0 Å². The average Bonchev–Trinajstić information content (AvgIpc) is 2.49. The molecule has 1 fully saturated rings. The normalized spacial score (nSPS) is 33.5. The quantitative estimate of drug-likeness (QED) is 0.706. The summed E-state index contributed by atoms with van der Waals surface area (Å²) >= 11 is 3.67. The second-order valence-corrected chi connectivity index (χ2v) is 5.32. The molecule has 0 radical (unpaired) electrons. The van der Waals surface area contributed by atoms with Crippen LogP contribution in [0.15, 0.2) is 18.7 Å². The van der Waals surface area contributed by atoms with Gasteiger partial charge in [0.05, 0.1) is 0 Å². The first-order chi connectivity index (χ1) is 6.21. The van der Waals surface area contributed by atoms with Gasteiger partial charge in [0.1, 0.15) is 6.33 Å². The molecule has 0 spiro atoms. The molecule has 1 aliphatic rings. The SMILES string of the molecule is CC1(c2cncnc2)CCC(Br)C1. The predicted molar refractivity (Wildman–Crippen MR) is 56.0 cm³/mol. The summed E-state index contributed by atoms with van der Waals surface area (Å²) < 4.78 is 0. The van der Waals surface area contributed by atoms with Gasteiger partial charge in [-0.1, -0.05) is 22.9 Å². The first kappa shape index (κ1) is 9.13. The second-order valence-electron chi connectivity index (χ2n) is 4.03. The molecule has 0 aromatic carbocycles. The van der Waals surface area contributed by atoms with Gasteiger partial charge >= 0.3 is 0 Å². The number of rotatable bonds is 1. The molecule has 70 valence electrons. The maximum Gasteiger partial charge on any atom is 0.115 e. The fourth-order valence-electron chi connectivity index (χ4n) is 2.04. The van der Waals surface area contributed by atoms with E-state index in [1.807, 2.05) is 12.4 Å². The highest BCUT2D eigenvalue weighted by Crippen LogP contribution is 2.42. The van der Waals surface area contributed by atoms with Crippen LogP contribution in [0.4, 0.5) is 0 Å². The van der Waals surface area contributed by atoms with Gasteiger partial charge < -0.3 is 0 Å². The Hall–Kier alpha value is -0.440. The number of alkyl halides is 1. The number of hydrogen-bond acceptors (Lipinski definition) is 2. The lowest BCUT2D eigenvalue weighted by atomic mass is 9.83. The van der Waals surface area contributed by atoms with Gasteiger partial charge in [0.15, 0.2) is 0 Å². The van der Waals surface area contributed by atoms with E-state index in [0.717, 1.165) is 0 Å². The molecular formula is C10H13BrN2. The molecule has 0 bridgehead atoms. The lowest BCUT2D eigenvalue weighted by Crippen LogP contribution is -2.18. The van der Waals surface area contributed by atoms with Crippen molar-refractivity contribution in [3.05, 3.63) is 24.3 Å². The van der Waals surface area contributed by atoms with E-state index in [4.69, 9.17) is 0 Å². The van der Waals surface area contributed by atoms with Crippen molar-refractivity contribution in [1.29, 1.82) is 0 Å². The van der Waals surface area contributed by atoms with Crippen LogP contribution >= 0.6 is 15.9 Å². The fraction of sp³-hybridized carbons (Fsp3) is 0.600. The van der Waals surface area contributed by atoms with Crippen molar-refractivity contribution in [1.82, 2.24) is 9.97 Å². The van der Waals surface area contributed by atoms with Crippen LogP contribution < -0.4 is 0 Å². The molecule has 0 saturated heterocycles. The highest BCUT2D eigenvalue weighted by Gasteiger charge is 2.35. The summed E-state index contributed by atoms with van der Waals surface area (Å²) in [5.74, 6) is 0. The first-order valence-electron chi connectivity index (χ1n) is 4.60. The van der Waals surface area contributed by atoms with Gasteiger partial charge in [0.2, 0.25) is 0 Å². The Morgan fingerprint density at radius 1 is 1.46 bits per heavy atom. The van der Waals surface area contributed by atoms with Crippen molar-refractivity contribution < 1.29 is 0 Å². The maximum atomic E-state index is 4.07. The molecule has 1 saturated carbocycles. The molecule has 0 amide bonds. The van der Waals surface area contributed by atoms with Crippen LogP contribution in [0.25, 0.3) is 0 Å². The van der Waals surface area contributed by atoms with Crippen LogP contribution in [-0.4, -0.2) is 14.8 Å². The Labute approximate surface area is 86.9 Å². The Bertz CT molecular complexity index is 288. The lowest BCUT2D eigenvalue weighted by molar-refractivity contribution is 0.489. The molecule has 0 N–H and O–H groups in total. The highest BCUT2D eigenvalue weighted by atomic mass is 79.9. The molecule has 2 rings (SSSR count). The van der Waals surface area contributed by atoms with Crippen LogP contribution in [-0.2, 0) is 5.41 Å². The molecule has 13 heavy (non-hydrogen) atoms. The summed E-state index contributed by atoms with van der Waals surface area (Å²) in [5.41, 5.74) is 1.56. The van der Waals surface area contributed by atoms with Gasteiger partial charge in [-0.2, -0.15) is 0 Å². The molecular weight excluding hydrogens is 228 g/mol. The van der Waals surface area contributed by atoms with Crippen molar-refractivity contribution in [2.24, 2.45) is 0 Å². The summed E-state index contributed by atoms with van der Waals surface area (Å²) in [5, 5.41) is 0. The summed E-state index contributed by atoms with van der Waals surface area (Å²) in [6, 6.07) is 0. The summed E-state index contributed by atoms with van der Waals surface area (Å²) in [6.45, 7) is 2.30. The molecule has 2 atom stereocenters. The molecule has 1 aliphatic carbocycles. The van der Waals surface area contributed by atoms with Gasteiger partial charge in [-0.05, 0) is 30.2 Å². The zero-order valence-corrected chi connectivity index (χ0v) is 9.29. The largest absolute Gasteiger partial charge is 0.245 e. The zero-order chi connectivity index (χ0) is 9.31. The van der Waals surface area contributed by atoms with E-state index in [9.17, 15) is 0 Å². The van der Waals surface area contributed by atoms with Gasteiger partial charge in [0, 0.05) is 17.2 Å². The number of hydrogen-bond donors (Lipinski definition) is 0. The van der Waals surface area contributed by atoms with Crippen molar-refractivity contribution in [3.63, 3.8) is 0 Å². The standard InChI is InChI=1S/C10H13BrN2/c1-10(3-2-9(11)4-10)8-5-12-7-13-6-8/h5-7,9H,2-4H2,1H3. The van der Waals surface area contributed by atoms with Crippen LogP contribution in [0.5, 0.6) is 0 Å². The summed E-state index contributed by atoms with van der Waals surface area (Å²) in [4.78, 5) is 8.81. The zero-order valence-electron chi connectivity index (χ0n) is 7.70. The Morgan fingerprint density at radius 3 is 2.69 bits per heavy atom. The Morgan fingerprint density at radius 2 is 2.15 bits per heavy atom. The third-order valence-electron chi connectivity index (χ3n) is 2.94. The second kappa shape index (κ2) is 3.37. The molecule has 1 heterocycles. The van der Waals surface area contributed by atoms with E-state index >= 15 is 0 Å². The van der Waals surface area contributed by atoms with E-state index in [-0.39, 0.29) is 5.41 Å². The molecule has 3 heteroatoms. The lowest BCUT2D eigenvalue weighted by Gasteiger charge is -2.22. The molecule has 1 aromatic rings. The number of aromatic nitrogens is 2. The predicted octanol–water partition coefficient (Wildman–Crippen LogP) is 2.68. The van der Waals surface area contributed by atoms with Crippen molar-refractivity contribution in [2.45, 2.75) is 36.4 Å². The van der Waals surface area contributed by atoms with Gasteiger partial charge in [-0.25, -0.2) is 9.97 Å². The number of nitrogens with zero attached hydrogens (tertiary/aromatic N) is 2. The maximum absolute atomic E-state index is 4.07. The third-order valence-corrected chi connectivity index (χ3v) is 3.72. The van der Waals surface area contributed by atoms with E-state index in [1.54, 1.807) is 6.33 Å². The number of halogens is 1. The highest BCUT2D eigenvalue weighted by molar-refractivity contribution is 9.09. The minimum absolute atomic E-state index is 0.287. The molecule has 1 aromatic heterocycles. The van der Waals surface area contributed by atoms with Gasteiger partial charge in [-0.15, -0.1) is 0 Å². The van der Waals surface area contributed by atoms with E-state index in [0.29, 0.717) is 4.83 Å². The smallest absolute Gasteiger partial charge is 0.115 e. The average molecular weight is 241 g/mol. The van der Waals surface area contributed by atoms with Crippen molar-refractivity contribution >= 4 is 15.9 Å². The van der Waals surface area contributed by atoms with Gasteiger partial charge in [0.25, 0.3) is 0 Å². The van der Waals surface area contributed by atoms with Crippen LogP contribution in [0.3, 0.4) is 0 Å². The van der Waals surface area contributed by atoms with E-state index in [2.05, 4.69) is 32.8 Å². The Kier molecular flexibility index (Phi) is 2.37.